The molecule has 0 bridgehead atoms. The first-order valence-corrected chi connectivity index (χ1v) is 8.80. The quantitative estimate of drug-likeness (QED) is 0.891. The van der Waals surface area contributed by atoms with Gasteiger partial charge in [-0.15, -0.1) is 0 Å². The van der Waals surface area contributed by atoms with E-state index >= 15 is 0 Å². The lowest BCUT2D eigenvalue weighted by Crippen LogP contribution is -2.34. The van der Waals surface area contributed by atoms with Crippen LogP contribution in [0.2, 0.25) is 0 Å². The van der Waals surface area contributed by atoms with Crippen LogP contribution >= 0.6 is 0 Å². The Hall–Kier alpha value is -3.13. The average molecular weight is 367 g/mol. The summed E-state index contributed by atoms with van der Waals surface area (Å²) < 4.78 is 10.1. The summed E-state index contributed by atoms with van der Waals surface area (Å²) in [5.74, 6) is 0.566. The number of aliphatic hydroxyl groups excluding tert-OH is 1. The van der Waals surface area contributed by atoms with Crippen LogP contribution in [-0.2, 0) is 15.9 Å². The topological polar surface area (TPSA) is 92.2 Å². The Labute approximate surface area is 154 Å². The van der Waals surface area contributed by atoms with Crippen LogP contribution in [0.3, 0.4) is 0 Å². The third-order valence-corrected chi connectivity index (χ3v) is 5.28. The van der Waals surface area contributed by atoms with E-state index in [1.165, 1.54) is 4.90 Å². The van der Waals surface area contributed by atoms with Crippen LogP contribution in [-0.4, -0.2) is 54.2 Å². The van der Waals surface area contributed by atoms with E-state index in [9.17, 15) is 14.7 Å². The number of anilines is 2. The van der Waals surface area contributed by atoms with E-state index in [0.717, 1.165) is 22.4 Å². The van der Waals surface area contributed by atoms with Crippen molar-refractivity contribution in [3.8, 4) is 11.1 Å². The van der Waals surface area contributed by atoms with Crippen LogP contribution in [0.15, 0.2) is 36.5 Å². The minimum absolute atomic E-state index is 0.158. The molecule has 2 amide bonds. The van der Waals surface area contributed by atoms with Gasteiger partial charge in [-0.2, -0.15) is 0 Å². The number of carbonyl (C=O) groups excluding carboxylic acids is 2. The van der Waals surface area contributed by atoms with Crippen molar-refractivity contribution < 1.29 is 24.2 Å². The largest absolute Gasteiger partial charge is 0.447 e. The van der Waals surface area contributed by atoms with Crippen molar-refractivity contribution in [2.45, 2.75) is 18.6 Å². The summed E-state index contributed by atoms with van der Waals surface area (Å²) in [7, 11) is 0. The Bertz CT molecular complexity index is 929. The minimum atomic E-state index is -0.491. The van der Waals surface area contributed by atoms with Crippen molar-refractivity contribution in [1.29, 1.82) is 0 Å². The summed E-state index contributed by atoms with van der Waals surface area (Å²) in [5, 5.41) is 9.43. The smallest absolute Gasteiger partial charge is 0.415 e. The van der Waals surface area contributed by atoms with Gasteiger partial charge < -0.3 is 14.6 Å². The van der Waals surface area contributed by atoms with E-state index < -0.39 is 12.2 Å². The van der Waals surface area contributed by atoms with Gasteiger partial charge in [0.05, 0.1) is 24.9 Å². The number of hydrogen-bond donors (Lipinski definition) is 1. The van der Waals surface area contributed by atoms with E-state index in [1.54, 1.807) is 17.2 Å². The van der Waals surface area contributed by atoms with E-state index in [0.29, 0.717) is 25.4 Å². The maximum atomic E-state index is 12.1. The van der Waals surface area contributed by atoms with Crippen molar-refractivity contribution >= 4 is 23.7 Å². The fraction of sp³-hybridized carbons (Fsp3) is 0.316. The standard InChI is InChI=1S/C19H17N3O5/c23-10-16-15-8-13-7-11(1-3-14(13)22(15)19(25)27-16)12-2-4-17(20-9-12)21-5-6-26-18(21)24/h1-4,7,9,15-16,23H,5-6,8,10H2/t15-,16-/m0/s1. The summed E-state index contributed by atoms with van der Waals surface area (Å²) in [6.45, 7) is 0.698. The maximum absolute atomic E-state index is 12.1. The Balaban J connectivity index is 1.43. The zero-order valence-electron chi connectivity index (χ0n) is 14.4. The van der Waals surface area contributed by atoms with Crippen LogP contribution < -0.4 is 9.80 Å². The van der Waals surface area contributed by atoms with Crippen molar-refractivity contribution in [1.82, 2.24) is 4.98 Å². The molecule has 8 heteroatoms. The highest BCUT2D eigenvalue weighted by Gasteiger charge is 2.47. The average Bonchev–Trinajstić information content (AvgIpc) is 3.36. The van der Waals surface area contributed by atoms with Crippen molar-refractivity contribution in [2.75, 3.05) is 29.6 Å². The highest BCUT2D eigenvalue weighted by Crippen LogP contribution is 2.40. The monoisotopic (exact) mass is 367 g/mol. The number of aliphatic hydroxyl groups is 1. The molecular formula is C19H17N3O5. The molecule has 1 N–H and O–H groups in total. The Morgan fingerprint density at radius 3 is 2.70 bits per heavy atom. The second-order valence-corrected chi connectivity index (χ2v) is 6.76. The summed E-state index contributed by atoms with van der Waals surface area (Å²) in [6.07, 6.45) is 1.09. The highest BCUT2D eigenvalue weighted by atomic mass is 16.6. The molecule has 2 atom stereocenters. The molecule has 0 aliphatic carbocycles. The number of carbonyl (C=O) groups is 2. The molecule has 0 unspecified atom stereocenters. The predicted molar refractivity (Wildman–Crippen MR) is 95.7 cm³/mol. The molecule has 2 saturated heterocycles. The van der Waals surface area contributed by atoms with Gasteiger partial charge in [0, 0.05) is 11.8 Å². The molecular weight excluding hydrogens is 350 g/mol. The molecule has 3 aliphatic heterocycles. The summed E-state index contributed by atoms with van der Waals surface area (Å²) in [6, 6.07) is 9.42. The molecule has 0 radical (unpaired) electrons. The SMILES string of the molecule is O=C1OCCN1c1ccc(-c2ccc3c(c2)C[C@H]2[C@H](CO)OC(=O)N32)cn1. The lowest BCUT2D eigenvalue weighted by molar-refractivity contribution is 0.0830. The van der Waals surface area contributed by atoms with Gasteiger partial charge in [-0.25, -0.2) is 14.6 Å². The highest BCUT2D eigenvalue weighted by molar-refractivity contribution is 5.94. The van der Waals surface area contributed by atoms with E-state index in [4.69, 9.17) is 9.47 Å². The fourth-order valence-electron chi connectivity index (χ4n) is 3.93. The Morgan fingerprint density at radius 1 is 1.15 bits per heavy atom. The molecule has 1 aromatic carbocycles. The van der Waals surface area contributed by atoms with Gasteiger partial charge in [-0.3, -0.25) is 9.80 Å². The minimum Gasteiger partial charge on any atom is -0.447 e. The molecule has 3 aliphatic rings. The molecule has 1 aromatic heterocycles. The molecule has 2 fully saturated rings. The van der Waals surface area contributed by atoms with Crippen molar-refractivity contribution in [3.05, 3.63) is 42.1 Å². The number of cyclic esters (lactones) is 2. The first-order chi connectivity index (χ1) is 13.2. The lowest BCUT2D eigenvalue weighted by Gasteiger charge is -2.14. The first kappa shape index (κ1) is 16.1. The lowest BCUT2D eigenvalue weighted by atomic mass is 10.0. The number of hydrogen-bond acceptors (Lipinski definition) is 6. The summed E-state index contributed by atoms with van der Waals surface area (Å²) >= 11 is 0. The number of ether oxygens (including phenoxy) is 2. The fourth-order valence-corrected chi connectivity index (χ4v) is 3.93. The van der Waals surface area contributed by atoms with Gasteiger partial charge in [0.25, 0.3) is 0 Å². The van der Waals surface area contributed by atoms with Gasteiger partial charge in [0.2, 0.25) is 0 Å². The van der Waals surface area contributed by atoms with Crippen LogP contribution in [0.5, 0.6) is 0 Å². The number of nitrogens with zero attached hydrogens (tertiary/aromatic N) is 3. The van der Waals surface area contributed by atoms with Gasteiger partial charge in [-0.1, -0.05) is 6.07 Å². The second-order valence-electron chi connectivity index (χ2n) is 6.76. The normalized spacial score (nSPS) is 23.3. The summed E-state index contributed by atoms with van der Waals surface area (Å²) in [5.41, 5.74) is 3.77. The molecule has 4 heterocycles. The number of rotatable bonds is 3. The van der Waals surface area contributed by atoms with Gasteiger partial charge in [-0.05, 0) is 41.8 Å². The maximum Gasteiger partial charge on any atom is 0.415 e. The third kappa shape index (κ3) is 2.44. The van der Waals surface area contributed by atoms with Crippen LogP contribution in [0.4, 0.5) is 21.1 Å². The molecule has 27 heavy (non-hydrogen) atoms. The van der Waals surface area contributed by atoms with Gasteiger partial charge in [0.15, 0.2) is 0 Å². The Kier molecular flexibility index (Phi) is 3.54. The van der Waals surface area contributed by atoms with Crippen molar-refractivity contribution in [3.63, 3.8) is 0 Å². The van der Waals surface area contributed by atoms with Crippen LogP contribution in [0, 0.1) is 0 Å². The zero-order valence-corrected chi connectivity index (χ0v) is 14.4. The van der Waals surface area contributed by atoms with E-state index in [-0.39, 0.29) is 18.7 Å². The second kappa shape index (κ2) is 5.95. The third-order valence-electron chi connectivity index (χ3n) is 5.28. The molecule has 8 nitrogen and oxygen atoms in total. The first-order valence-electron chi connectivity index (χ1n) is 8.80. The van der Waals surface area contributed by atoms with Gasteiger partial charge >= 0.3 is 12.2 Å². The number of fused-ring (bicyclic) bond motifs is 3. The van der Waals surface area contributed by atoms with Crippen molar-refractivity contribution in [2.24, 2.45) is 0 Å². The van der Waals surface area contributed by atoms with Crippen LogP contribution in [0.25, 0.3) is 11.1 Å². The molecule has 2 aromatic rings. The van der Waals surface area contributed by atoms with Crippen LogP contribution in [0.1, 0.15) is 5.56 Å². The summed E-state index contributed by atoms with van der Waals surface area (Å²) in [4.78, 5) is 31.2. The molecule has 0 spiro atoms. The zero-order chi connectivity index (χ0) is 18.5. The number of aromatic nitrogens is 1. The molecule has 0 saturated carbocycles. The number of pyridine rings is 1. The molecule has 5 rings (SSSR count). The Morgan fingerprint density at radius 2 is 2.00 bits per heavy atom. The number of amides is 2. The number of benzene rings is 1. The van der Waals surface area contributed by atoms with E-state index in [2.05, 4.69) is 4.98 Å². The van der Waals surface area contributed by atoms with E-state index in [1.807, 2.05) is 24.3 Å². The molecule has 138 valence electrons. The van der Waals surface area contributed by atoms with Gasteiger partial charge in [0.1, 0.15) is 18.5 Å². The predicted octanol–water partition coefficient (Wildman–Crippen LogP) is 1.95.